The molecule has 9 heteroatoms. The Balaban J connectivity index is 1.82. The van der Waals surface area contributed by atoms with Gasteiger partial charge in [0.1, 0.15) is 5.82 Å². The number of nitrogens with one attached hydrogen (secondary N) is 2. The molecular formula is C23H22FN3O4S. The summed E-state index contributed by atoms with van der Waals surface area (Å²) in [4.78, 5) is 24.0. The molecule has 0 fully saturated rings. The maximum Gasteiger partial charge on any atom is 0.243 e. The molecule has 0 heterocycles. The highest BCUT2D eigenvalue weighted by Crippen LogP contribution is 2.20. The molecule has 0 aliphatic heterocycles. The van der Waals surface area contributed by atoms with E-state index in [1.54, 1.807) is 42.5 Å². The summed E-state index contributed by atoms with van der Waals surface area (Å²) in [6.45, 7) is 0.794. The maximum atomic E-state index is 13.3. The van der Waals surface area contributed by atoms with E-state index in [4.69, 9.17) is 0 Å². The lowest BCUT2D eigenvalue weighted by atomic mass is 10.2. The van der Waals surface area contributed by atoms with Crippen molar-refractivity contribution in [3.63, 3.8) is 0 Å². The average molecular weight is 456 g/mol. The predicted molar refractivity (Wildman–Crippen MR) is 120 cm³/mol. The topological polar surface area (TPSA) is 95.6 Å². The molecule has 0 spiro atoms. The lowest BCUT2D eigenvalue weighted by Crippen LogP contribution is -2.37. The van der Waals surface area contributed by atoms with Gasteiger partial charge in [0.2, 0.25) is 21.8 Å². The minimum atomic E-state index is -4.00. The van der Waals surface area contributed by atoms with E-state index in [9.17, 15) is 22.4 Å². The van der Waals surface area contributed by atoms with E-state index in [1.807, 2.05) is 0 Å². The van der Waals surface area contributed by atoms with Gasteiger partial charge < -0.3 is 10.6 Å². The first kappa shape index (κ1) is 23.1. The molecule has 32 heavy (non-hydrogen) atoms. The number of anilines is 2. The molecule has 0 aromatic heterocycles. The highest BCUT2D eigenvalue weighted by atomic mass is 32.2. The van der Waals surface area contributed by atoms with E-state index in [0.717, 1.165) is 4.31 Å². The zero-order chi connectivity index (χ0) is 23.1. The number of carbonyl (C=O) groups is 2. The number of halogens is 1. The van der Waals surface area contributed by atoms with Crippen molar-refractivity contribution in [3.05, 3.63) is 90.2 Å². The highest BCUT2D eigenvalue weighted by molar-refractivity contribution is 7.89. The first-order valence-electron chi connectivity index (χ1n) is 9.71. The van der Waals surface area contributed by atoms with Gasteiger partial charge in [0.25, 0.3) is 0 Å². The van der Waals surface area contributed by atoms with Crippen LogP contribution < -0.4 is 10.6 Å². The third-order valence-electron chi connectivity index (χ3n) is 4.44. The second-order valence-corrected chi connectivity index (χ2v) is 8.96. The molecule has 2 amide bonds. The summed E-state index contributed by atoms with van der Waals surface area (Å²) in [5.41, 5.74) is 1.43. The second kappa shape index (κ2) is 10.2. The van der Waals surface area contributed by atoms with Crippen molar-refractivity contribution in [1.82, 2.24) is 4.31 Å². The molecule has 0 saturated heterocycles. The third-order valence-corrected chi connectivity index (χ3v) is 6.25. The molecule has 7 nitrogen and oxygen atoms in total. The fourth-order valence-corrected chi connectivity index (χ4v) is 4.40. The number of amides is 2. The van der Waals surface area contributed by atoms with Crippen LogP contribution in [0, 0.1) is 5.82 Å². The Bertz CT molecular complexity index is 1200. The zero-order valence-electron chi connectivity index (χ0n) is 17.3. The van der Waals surface area contributed by atoms with Crippen LogP contribution in [0.5, 0.6) is 0 Å². The summed E-state index contributed by atoms with van der Waals surface area (Å²) in [6.07, 6.45) is 0. The Morgan fingerprint density at radius 2 is 1.50 bits per heavy atom. The highest BCUT2D eigenvalue weighted by Gasteiger charge is 2.27. The zero-order valence-corrected chi connectivity index (χ0v) is 18.1. The smallest absolute Gasteiger partial charge is 0.243 e. The first-order chi connectivity index (χ1) is 15.2. The Hall–Kier alpha value is -3.56. The van der Waals surface area contributed by atoms with E-state index in [1.165, 1.54) is 43.3 Å². The second-order valence-electron chi connectivity index (χ2n) is 7.02. The van der Waals surface area contributed by atoms with Crippen LogP contribution in [0.1, 0.15) is 12.5 Å². The van der Waals surface area contributed by atoms with Gasteiger partial charge in [0.05, 0.1) is 11.4 Å². The van der Waals surface area contributed by atoms with Crippen LogP contribution in [0.3, 0.4) is 0 Å². The number of carbonyl (C=O) groups excluding carboxylic acids is 2. The molecule has 3 aromatic carbocycles. The third kappa shape index (κ3) is 6.22. The summed E-state index contributed by atoms with van der Waals surface area (Å²) in [5.74, 6) is -1.26. The van der Waals surface area contributed by atoms with Crippen LogP contribution in [0.2, 0.25) is 0 Å². The van der Waals surface area contributed by atoms with Gasteiger partial charge in [0, 0.05) is 24.8 Å². The summed E-state index contributed by atoms with van der Waals surface area (Å²) in [7, 11) is -4.00. The number of sulfonamides is 1. The summed E-state index contributed by atoms with van der Waals surface area (Å²) < 4.78 is 40.7. The normalized spacial score (nSPS) is 11.2. The van der Waals surface area contributed by atoms with Crippen LogP contribution in [0.25, 0.3) is 0 Å². The molecule has 0 atom stereocenters. The van der Waals surface area contributed by atoms with Crippen molar-refractivity contribution in [2.75, 3.05) is 17.2 Å². The molecule has 0 radical (unpaired) electrons. The van der Waals surface area contributed by atoms with E-state index in [2.05, 4.69) is 10.6 Å². The molecular weight excluding hydrogens is 433 g/mol. The maximum absolute atomic E-state index is 13.3. The summed E-state index contributed by atoms with van der Waals surface area (Å²) in [5, 5.41) is 5.26. The van der Waals surface area contributed by atoms with Gasteiger partial charge in [0.15, 0.2) is 0 Å². The lowest BCUT2D eigenvalue weighted by molar-refractivity contribution is -0.116. The minimum absolute atomic E-state index is 0.0440. The Morgan fingerprint density at radius 3 is 2.12 bits per heavy atom. The summed E-state index contributed by atoms with van der Waals surface area (Å²) in [6, 6.07) is 19.7. The Kier molecular flexibility index (Phi) is 7.34. The molecule has 0 saturated carbocycles. The number of hydrogen-bond acceptors (Lipinski definition) is 4. The molecule has 0 bridgehead atoms. The van der Waals surface area contributed by atoms with Gasteiger partial charge >= 0.3 is 0 Å². The predicted octanol–water partition coefficient (Wildman–Crippen LogP) is 3.61. The molecule has 0 aliphatic rings. The van der Waals surface area contributed by atoms with Crippen molar-refractivity contribution in [2.45, 2.75) is 18.4 Å². The fraction of sp³-hybridized carbons (Fsp3) is 0.130. The molecule has 3 aromatic rings. The van der Waals surface area contributed by atoms with Gasteiger partial charge in [-0.3, -0.25) is 9.59 Å². The number of rotatable bonds is 8. The monoisotopic (exact) mass is 455 g/mol. The van der Waals surface area contributed by atoms with Gasteiger partial charge in [-0.05, 0) is 48.0 Å². The van der Waals surface area contributed by atoms with Gasteiger partial charge in [-0.1, -0.05) is 36.4 Å². The largest absolute Gasteiger partial charge is 0.326 e. The average Bonchev–Trinajstić information content (AvgIpc) is 2.75. The van der Waals surface area contributed by atoms with Crippen molar-refractivity contribution >= 4 is 33.2 Å². The van der Waals surface area contributed by atoms with Crippen molar-refractivity contribution in [3.8, 4) is 0 Å². The van der Waals surface area contributed by atoms with E-state index >= 15 is 0 Å². The van der Waals surface area contributed by atoms with Crippen LogP contribution >= 0.6 is 0 Å². The van der Waals surface area contributed by atoms with E-state index < -0.39 is 28.3 Å². The minimum Gasteiger partial charge on any atom is -0.326 e. The fourth-order valence-electron chi connectivity index (χ4n) is 3.00. The Morgan fingerprint density at radius 1 is 0.875 bits per heavy atom. The van der Waals surface area contributed by atoms with Gasteiger partial charge in [-0.2, -0.15) is 4.31 Å². The van der Waals surface area contributed by atoms with Gasteiger partial charge in [-0.15, -0.1) is 0 Å². The Labute approximate surface area is 185 Å². The molecule has 3 rings (SSSR count). The molecule has 0 aliphatic carbocycles. The number of benzene rings is 3. The molecule has 0 unspecified atom stereocenters. The summed E-state index contributed by atoms with van der Waals surface area (Å²) >= 11 is 0. The van der Waals surface area contributed by atoms with Crippen molar-refractivity contribution in [2.24, 2.45) is 0 Å². The van der Waals surface area contributed by atoms with Crippen LogP contribution in [0.15, 0.2) is 83.8 Å². The van der Waals surface area contributed by atoms with Gasteiger partial charge in [-0.25, -0.2) is 12.8 Å². The lowest BCUT2D eigenvalue weighted by Gasteiger charge is -2.22. The molecule has 2 N–H and O–H groups in total. The van der Waals surface area contributed by atoms with Crippen molar-refractivity contribution < 1.29 is 22.4 Å². The first-order valence-corrected chi connectivity index (χ1v) is 11.2. The SMILES string of the molecule is CC(=O)Nc1cccc(NC(=O)CN(Cc2ccc(F)cc2)S(=O)(=O)c2ccccc2)c1. The number of nitrogens with zero attached hydrogens (tertiary/aromatic N) is 1. The van der Waals surface area contributed by atoms with Crippen LogP contribution in [-0.4, -0.2) is 31.1 Å². The van der Waals surface area contributed by atoms with E-state index in [-0.39, 0.29) is 17.3 Å². The van der Waals surface area contributed by atoms with Crippen LogP contribution in [-0.2, 0) is 26.2 Å². The van der Waals surface area contributed by atoms with Crippen LogP contribution in [0.4, 0.5) is 15.8 Å². The number of hydrogen-bond donors (Lipinski definition) is 2. The standard InChI is InChI=1S/C23H22FN3O4S/c1-17(28)25-20-6-5-7-21(14-20)26-23(29)16-27(15-18-10-12-19(24)13-11-18)32(30,31)22-8-3-2-4-9-22/h2-14H,15-16H2,1H3,(H,25,28)(H,26,29). The van der Waals surface area contributed by atoms with E-state index in [0.29, 0.717) is 16.9 Å². The quantitative estimate of drug-likeness (QED) is 0.542. The van der Waals surface area contributed by atoms with Crippen molar-refractivity contribution in [1.29, 1.82) is 0 Å². The molecule has 166 valence electrons.